The zero-order valence-corrected chi connectivity index (χ0v) is 20.3. The van der Waals surface area contributed by atoms with Gasteiger partial charge in [0.1, 0.15) is 18.7 Å². The average molecular weight is 480 g/mol. The lowest BCUT2D eigenvalue weighted by Gasteiger charge is -2.32. The molecule has 0 saturated carbocycles. The number of ether oxygens (including phenoxy) is 1. The third kappa shape index (κ3) is 5.48. The van der Waals surface area contributed by atoms with Crippen LogP contribution in [-0.4, -0.2) is 78.8 Å². The van der Waals surface area contributed by atoms with E-state index in [1.54, 1.807) is 19.0 Å². The third-order valence-electron chi connectivity index (χ3n) is 6.80. The van der Waals surface area contributed by atoms with Gasteiger partial charge in [0.25, 0.3) is 0 Å². The Balaban J connectivity index is 1.46. The molecular formula is C27H33N3O5. The number of carbonyl (C=O) groups is 3. The smallest absolute Gasteiger partial charge is 0.407 e. The van der Waals surface area contributed by atoms with Crippen molar-refractivity contribution >= 4 is 18.0 Å². The zero-order chi connectivity index (χ0) is 24.9. The lowest BCUT2D eigenvalue weighted by Crippen LogP contribution is -2.56. The quantitative estimate of drug-likeness (QED) is 0.632. The summed E-state index contributed by atoms with van der Waals surface area (Å²) in [6.07, 6.45) is 2.12. The molecular weight excluding hydrogens is 446 g/mol. The van der Waals surface area contributed by atoms with E-state index in [1.807, 2.05) is 36.4 Å². The molecule has 4 rings (SSSR count). The molecule has 0 radical (unpaired) electrons. The van der Waals surface area contributed by atoms with Gasteiger partial charge in [-0.1, -0.05) is 61.4 Å². The average Bonchev–Trinajstić information content (AvgIpc) is 2.97. The van der Waals surface area contributed by atoms with E-state index in [4.69, 9.17) is 4.74 Å². The van der Waals surface area contributed by atoms with Gasteiger partial charge in [-0.25, -0.2) is 9.59 Å². The second kappa shape index (κ2) is 10.9. The minimum absolute atomic E-state index is 0.0850. The summed E-state index contributed by atoms with van der Waals surface area (Å²) in [5.41, 5.74) is 4.49. The monoisotopic (exact) mass is 479 g/mol. The van der Waals surface area contributed by atoms with Crippen molar-refractivity contribution in [3.63, 3.8) is 0 Å². The van der Waals surface area contributed by atoms with E-state index in [0.717, 1.165) is 41.5 Å². The highest BCUT2D eigenvalue weighted by Crippen LogP contribution is 2.44. The first-order chi connectivity index (χ1) is 16.9. The van der Waals surface area contributed by atoms with Gasteiger partial charge in [0.05, 0.1) is 0 Å². The highest BCUT2D eigenvalue weighted by atomic mass is 16.5. The van der Waals surface area contributed by atoms with Crippen molar-refractivity contribution in [3.05, 3.63) is 59.7 Å². The van der Waals surface area contributed by atoms with Crippen molar-refractivity contribution in [2.75, 3.05) is 33.8 Å². The van der Waals surface area contributed by atoms with Crippen LogP contribution in [0.3, 0.4) is 0 Å². The molecule has 8 heteroatoms. The number of nitrogens with one attached hydrogen (secondary N) is 1. The second-order valence-electron chi connectivity index (χ2n) is 9.52. The molecule has 2 amide bonds. The summed E-state index contributed by atoms with van der Waals surface area (Å²) in [5.74, 6) is -1.48. The maximum absolute atomic E-state index is 13.4. The van der Waals surface area contributed by atoms with E-state index < -0.39 is 24.1 Å². The van der Waals surface area contributed by atoms with Crippen molar-refractivity contribution in [3.8, 4) is 11.1 Å². The minimum Gasteiger partial charge on any atom is -0.480 e. The SMILES string of the molecule is CN(C)CC(NC(=O)OCC1c2ccccc2-c2ccccc21)C(=O)N1CCCCCC1C(=O)O. The Bertz CT molecular complexity index is 1040. The van der Waals surface area contributed by atoms with Crippen molar-refractivity contribution in [2.45, 2.75) is 43.7 Å². The van der Waals surface area contributed by atoms with Gasteiger partial charge >= 0.3 is 12.1 Å². The van der Waals surface area contributed by atoms with Crippen molar-refractivity contribution < 1.29 is 24.2 Å². The van der Waals surface area contributed by atoms with Crippen LogP contribution in [-0.2, 0) is 14.3 Å². The third-order valence-corrected chi connectivity index (χ3v) is 6.80. The molecule has 2 atom stereocenters. The largest absolute Gasteiger partial charge is 0.480 e. The molecule has 0 aromatic heterocycles. The van der Waals surface area contributed by atoms with E-state index in [2.05, 4.69) is 17.4 Å². The first-order valence-electron chi connectivity index (χ1n) is 12.2. The lowest BCUT2D eigenvalue weighted by atomic mass is 9.98. The lowest BCUT2D eigenvalue weighted by molar-refractivity contribution is -0.151. The molecule has 1 heterocycles. The molecule has 2 unspecified atom stereocenters. The maximum atomic E-state index is 13.4. The number of aliphatic carboxylic acids is 1. The number of benzene rings is 2. The Morgan fingerprint density at radius 3 is 2.26 bits per heavy atom. The molecule has 1 aliphatic heterocycles. The molecule has 2 aromatic rings. The highest BCUT2D eigenvalue weighted by Gasteiger charge is 2.36. The fourth-order valence-corrected chi connectivity index (χ4v) is 5.16. The standard InChI is InChI=1S/C27H33N3O5/c1-29(2)16-23(25(31)30-15-9-3-4-14-24(30)26(32)33)28-27(34)35-17-22-20-12-7-5-10-18(20)19-11-6-8-13-21(19)22/h5-8,10-13,22-24H,3-4,9,14-17H2,1-2H3,(H,28,34)(H,32,33). The molecule has 2 aliphatic rings. The summed E-state index contributed by atoms with van der Waals surface area (Å²) in [4.78, 5) is 41.3. The molecule has 2 aromatic carbocycles. The fraction of sp³-hybridized carbons (Fsp3) is 0.444. The molecule has 186 valence electrons. The number of rotatable bonds is 7. The Kier molecular flexibility index (Phi) is 7.70. The van der Waals surface area contributed by atoms with Crippen LogP contribution in [0.15, 0.2) is 48.5 Å². The summed E-state index contributed by atoms with van der Waals surface area (Å²) >= 11 is 0. The van der Waals surface area contributed by atoms with Crippen LogP contribution in [0.1, 0.15) is 42.7 Å². The fourth-order valence-electron chi connectivity index (χ4n) is 5.16. The van der Waals surface area contributed by atoms with Gasteiger partial charge < -0.3 is 25.0 Å². The number of fused-ring (bicyclic) bond motifs is 3. The van der Waals surface area contributed by atoms with E-state index >= 15 is 0 Å². The number of amides is 2. The number of alkyl carbamates (subject to hydrolysis) is 1. The van der Waals surface area contributed by atoms with Crippen LogP contribution >= 0.6 is 0 Å². The number of carboxylic acid groups (broad SMARTS) is 1. The number of carboxylic acids is 1. The van der Waals surface area contributed by atoms with Crippen LogP contribution in [0, 0.1) is 0 Å². The van der Waals surface area contributed by atoms with Gasteiger partial charge in [0.2, 0.25) is 5.91 Å². The van der Waals surface area contributed by atoms with Crippen molar-refractivity contribution in [2.24, 2.45) is 0 Å². The molecule has 8 nitrogen and oxygen atoms in total. The number of hydrogen-bond acceptors (Lipinski definition) is 5. The number of hydrogen-bond donors (Lipinski definition) is 2. The summed E-state index contributed by atoms with van der Waals surface area (Å²) in [7, 11) is 3.60. The van der Waals surface area contributed by atoms with Crippen LogP contribution < -0.4 is 5.32 Å². The first kappa shape index (κ1) is 24.7. The van der Waals surface area contributed by atoms with Gasteiger partial charge in [-0.2, -0.15) is 0 Å². The van der Waals surface area contributed by atoms with E-state index in [1.165, 1.54) is 4.90 Å². The van der Waals surface area contributed by atoms with Crippen molar-refractivity contribution in [1.29, 1.82) is 0 Å². The number of likely N-dealkylation sites (N-methyl/N-ethyl adjacent to an activating group) is 1. The maximum Gasteiger partial charge on any atom is 0.407 e. The van der Waals surface area contributed by atoms with Crippen LogP contribution in [0.4, 0.5) is 4.79 Å². The van der Waals surface area contributed by atoms with E-state index in [0.29, 0.717) is 13.0 Å². The Labute approximate surface area is 205 Å². The molecule has 35 heavy (non-hydrogen) atoms. The molecule has 1 saturated heterocycles. The van der Waals surface area contributed by atoms with E-state index in [9.17, 15) is 19.5 Å². The second-order valence-corrected chi connectivity index (χ2v) is 9.52. The molecule has 1 aliphatic carbocycles. The van der Waals surface area contributed by atoms with Crippen LogP contribution in [0.2, 0.25) is 0 Å². The topological polar surface area (TPSA) is 99.2 Å². The summed E-state index contributed by atoms with van der Waals surface area (Å²) in [5, 5.41) is 12.4. The number of nitrogens with zero attached hydrogens (tertiary/aromatic N) is 2. The summed E-state index contributed by atoms with van der Waals surface area (Å²) in [6.45, 7) is 0.752. The van der Waals surface area contributed by atoms with Gasteiger partial charge in [-0.3, -0.25) is 4.79 Å². The normalized spacial score (nSPS) is 18.4. The van der Waals surface area contributed by atoms with Crippen molar-refractivity contribution in [1.82, 2.24) is 15.1 Å². The number of likely N-dealkylation sites (tertiary alicyclic amines) is 1. The van der Waals surface area contributed by atoms with Crippen LogP contribution in [0.5, 0.6) is 0 Å². The van der Waals surface area contributed by atoms with Crippen LogP contribution in [0.25, 0.3) is 11.1 Å². The molecule has 2 N–H and O–H groups in total. The Morgan fingerprint density at radius 1 is 1.03 bits per heavy atom. The molecule has 0 bridgehead atoms. The van der Waals surface area contributed by atoms with Gasteiger partial charge in [0.15, 0.2) is 0 Å². The Hall–Kier alpha value is -3.39. The summed E-state index contributed by atoms with van der Waals surface area (Å²) < 4.78 is 5.63. The van der Waals surface area contributed by atoms with Gasteiger partial charge in [-0.05, 0) is 49.2 Å². The first-order valence-corrected chi connectivity index (χ1v) is 12.2. The molecule has 1 fully saturated rings. The van der Waals surface area contributed by atoms with E-state index in [-0.39, 0.29) is 25.0 Å². The zero-order valence-electron chi connectivity index (χ0n) is 20.3. The molecule has 0 spiro atoms. The highest BCUT2D eigenvalue weighted by molar-refractivity contribution is 5.89. The van der Waals surface area contributed by atoms with Gasteiger partial charge in [0, 0.05) is 19.0 Å². The summed E-state index contributed by atoms with van der Waals surface area (Å²) in [6, 6.07) is 14.4. The minimum atomic E-state index is -1.01. The predicted octanol–water partition coefficient (Wildman–Crippen LogP) is 3.31. The van der Waals surface area contributed by atoms with Gasteiger partial charge in [-0.15, -0.1) is 0 Å². The Morgan fingerprint density at radius 2 is 1.66 bits per heavy atom. The number of carbonyl (C=O) groups excluding carboxylic acids is 2. The predicted molar refractivity (Wildman–Crippen MR) is 132 cm³/mol.